The third kappa shape index (κ3) is 5.07. The first kappa shape index (κ1) is 26.0. The van der Waals surface area contributed by atoms with Crippen molar-refractivity contribution in [1.29, 1.82) is 5.26 Å². The molecule has 2 heterocycles. The molecule has 2 atom stereocenters. The van der Waals surface area contributed by atoms with Crippen LogP contribution in [-0.2, 0) is 6.42 Å². The van der Waals surface area contributed by atoms with Gasteiger partial charge in [0.2, 0.25) is 0 Å². The van der Waals surface area contributed by atoms with Gasteiger partial charge in [-0.05, 0) is 92.1 Å². The molecule has 2 aliphatic rings. The van der Waals surface area contributed by atoms with Crippen molar-refractivity contribution in [3.8, 4) is 28.3 Å². The van der Waals surface area contributed by atoms with E-state index in [1.807, 2.05) is 11.0 Å². The number of carbonyl (C=O) groups is 1. The normalized spacial score (nSPS) is 20.9. The van der Waals surface area contributed by atoms with E-state index in [0.717, 1.165) is 25.7 Å². The summed E-state index contributed by atoms with van der Waals surface area (Å²) in [5, 5.41) is 19.3. The zero-order chi connectivity index (χ0) is 27.2. The lowest BCUT2D eigenvalue weighted by Crippen LogP contribution is -2.50. The van der Waals surface area contributed by atoms with Crippen LogP contribution < -0.4 is 5.73 Å². The molecule has 5 rings (SSSR count). The molecule has 196 valence electrons. The van der Waals surface area contributed by atoms with E-state index < -0.39 is 17.2 Å². The summed E-state index contributed by atoms with van der Waals surface area (Å²) in [6, 6.07) is 16.2. The number of carbonyl (C=O) groups excluding carboxylic acids is 1. The topological polar surface area (TPSA) is 90.3 Å². The number of amides is 1. The Labute approximate surface area is 221 Å². The molecule has 2 fully saturated rings. The summed E-state index contributed by atoms with van der Waals surface area (Å²) in [4.78, 5) is 15.6. The van der Waals surface area contributed by atoms with Gasteiger partial charge in [-0.25, -0.2) is 8.78 Å². The third-order valence-corrected chi connectivity index (χ3v) is 7.63. The first-order valence-corrected chi connectivity index (χ1v) is 13.0. The third-order valence-electron chi connectivity index (χ3n) is 7.63. The number of nitrogens with zero attached hydrogens (tertiary/aromatic N) is 2. The minimum Gasteiger partial charge on any atom is -0.390 e. The van der Waals surface area contributed by atoms with Crippen molar-refractivity contribution in [2.24, 2.45) is 5.73 Å². The van der Waals surface area contributed by atoms with E-state index in [-0.39, 0.29) is 36.0 Å². The summed E-state index contributed by atoms with van der Waals surface area (Å²) in [6.07, 6.45) is 3.69. The molecule has 0 aromatic heterocycles. The van der Waals surface area contributed by atoms with E-state index >= 15 is 4.39 Å². The Hall–Kier alpha value is -3.60. The van der Waals surface area contributed by atoms with Gasteiger partial charge in [-0.15, -0.1) is 0 Å². The van der Waals surface area contributed by atoms with Gasteiger partial charge in [0.1, 0.15) is 17.7 Å². The molecule has 2 bridgehead atoms. The molecule has 7 heteroatoms. The number of nitrogens with two attached hydrogens (primary N) is 1. The van der Waals surface area contributed by atoms with Crippen LogP contribution in [-0.4, -0.2) is 39.6 Å². The molecule has 5 nitrogen and oxygen atoms in total. The van der Waals surface area contributed by atoms with E-state index in [1.165, 1.54) is 18.2 Å². The van der Waals surface area contributed by atoms with E-state index in [1.54, 1.807) is 50.2 Å². The number of fused-ring (bicyclic) bond motifs is 2. The summed E-state index contributed by atoms with van der Waals surface area (Å²) in [5.41, 5.74) is 7.94. The monoisotopic (exact) mass is 515 g/mol. The van der Waals surface area contributed by atoms with Crippen molar-refractivity contribution in [3.63, 3.8) is 0 Å². The van der Waals surface area contributed by atoms with E-state index in [9.17, 15) is 19.6 Å². The molecule has 3 aromatic rings. The number of piperidine rings is 1. The van der Waals surface area contributed by atoms with Gasteiger partial charge in [0.15, 0.2) is 0 Å². The largest absolute Gasteiger partial charge is 0.390 e. The number of aliphatic hydroxyl groups is 1. The molecular formula is C31H31F2N3O2. The van der Waals surface area contributed by atoms with Crippen LogP contribution in [0.25, 0.3) is 22.3 Å². The summed E-state index contributed by atoms with van der Waals surface area (Å²) >= 11 is 0. The summed E-state index contributed by atoms with van der Waals surface area (Å²) in [6.45, 7) is 3.32. The van der Waals surface area contributed by atoms with Crippen LogP contribution in [0.15, 0.2) is 54.6 Å². The van der Waals surface area contributed by atoms with Gasteiger partial charge in [-0.2, -0.15) is 5.26 Å². The van der Waals surface area contributed by atoms with Gasteiger partial charge in [0.05, 0.1) is 11.2 Å². The number of benzene rings is 3. The Morgan fingerprint density at radius 1 is 1.00 bits per heavy atom. The lowest BCUT2D eigenvalue weighted by Gasteiger charge is -2.38. The second-order valence-corrected chi connectivity index (χ2v) is 11.2. The van der Waals surface area contributed by atoms with Crippen molar-refractivity contribution in [1.82, 2.24) is 4.90 Å². The maximum absolute atomic E-state index is 15.4. The number of hydrogen-bond acceptors (Lipinski definition) is 4. The highest BCUT2D eigenvalue weighted by molar-refractivity contribution is 5.98. The molecular weight excluding hydrogens is 484 g/mol. The van der Waals surface area contributed by atoms with Crippen molar-refractivity contribution < 1.29 is 18.7 Å². The molecule has 3 N–H and O–H groups in total. The van der Waals surface area contributed by atoms with Gasteiger partial charge in [-0.3, -0.25) is 4.79 Å². The average molecular weight is 516 g/mol. The van der Waals surface area contributed by atoms with Crippen LogP contribution in [0.3, 0.4) is 0 Å². The number of nitriles is 1. The molecule has 2 aliphatic heterocycles. The molecule has 1 amide bonds. The maximum Gasteiger partial charge on any atom is 0.254 e. The number of rotatable bonds is 5. The Kier molecular flexibility index (Phi) is 6.81. The lowest BCUT2D eigenvalue weighted by atomic mass is 9.90. The highest BCUT2D eigenvalue weighted by Crippen LogP contribution is 2.39. The number of halogens is 2. The van der Waals surface area contributed by atoms with Crippen LogP contribution in [0.2, 0.25) is 0 Å². The molecule has 0 radical (unpaired) electrons. The van der Waals surface area contributed by atoms with Crippen molar-refractivity contribution >= 4 is 5.91 Å². The Morgan fingerprint density at radius 2 is 1.68 bits per heavy atom. The summed E-state index contributed by atoms with van der Waals surface area (Å²) in [5.74, 6) is -1.27. The molecule has 2 saturated heterocycles. The van der Waals surface area contributed by atoms with E-state index in [4.69, 9.17) is 5.73 Å². The van der Waals surface area contributed by atoms with Crippen LogP contribution >= 0.6 is 0 Å². The highest BCUT2D eigenvalue weighted by Gasteiger charge is 2.42. The Morgan fingerprint density at radius 3 is 2.29 bits per heavy atom. The van der Waals surface area contributed by atoms with Gasteiger partial charge in [0.25, 0.3) is 5.91 Å². The molecule has 0 aliphatic carbocycles. The van der Waals surface area contributed by atoms with E-state index in [0.29, 0.717) is 33.4 Å². The van der Waals surface area contributed by atoms with Crippen molar-refractivity contribution in [2.75, 3.05) is 0 Å². The van der Waals surface area contributed by atoms with Gasteiger partial charge in [0, 0.05) is 35.7 Å². The fourth-order valence-corrected chi connectivity index (χ4v) is 6.01. The Bertz CT molecular complexity index is 1430. The zero-order valence-electron chi connectivity index (χ0n) is 21.5. The Balaban J connectivity index is 1.59. The summed E-state index contributed by atoms with van der Waals surface area (Å²) < 4.78 is 30.1. The second-order valence-electron chi connectivity index (χ2n) is 11.2. The first-order valence-electron chi connectivity index (χ1n) is 13.0. The van der Waals surface area contributed by atoms with Crippen molar-refractivity contribution in [3.05, 3.63) is 82.9 Å². The fraction of sp³-hybridized carbons (Fsp3) is 0.355. The number of hydrogen-bond donors (Lipinski definition) is 2. The second kappa shape index (κ2) is 9.94. The zero-order valence-corrected chi connectivity index (χ0v) is 21.5. The van der Waals surface area contributed by atoms with Gasteiger partial charge >= 0.3 is 0 Å². The summed E-state index contributed by atoms with van der Waals surface area (Å²) in [7, 11) is 0. The molecule has 0 saturated carbocycles. The minimum absolute atomic E-state index is 0.0917. The predicted octanol–water partition coefficient (Wildman–Crippen LogP) is 5.58. The van der Waals surface area contributed by atoms with Crippen LogP contribution in [0.4, 0.5) is 8.78 Å². The minimum atomic E-state index is -0.987. The smallest absolute Gasteiger partial charge is 0.254 e. The van der Waals surface area contributed by atoms with Crippen molar-refractivity contribution in [2.45, 2.75) is 69.7 Å². The first-order chi connectivity index (χ1) is 18.0. The fourth-order valence-electron chi connectivity index (χ4n) is 6.01. The predicted molar refractivity (Wildman–Crippen MR) is 142 cm³/mol. The lowest BCUT2D eigenvalue weighted by molar-refractivity contribution is 0.0575. The van der Waals surface area contributed by atoms with Gasteiger partial charge < -0.3 is 15.7 Å². The average Bonchev–Trinajstić information content (AvgIpc) is 3.13. The van der Waals surface area contributed by atoms with Crippen LogP contribution in [0.1, 0.15) is 61.0 Å². The van der Waals surface area contributed by atoms with Crippen LogP contribution in [0, 0.1) is 23.0 Å². The standard InChI is InChI=1S/C31H31F2N3O2/c1-31(2,38)16-18-3-9-26(29(33)11-18)25-10-6-20(12-27(25)19-4-5-21(17-34)28(32)13-19)30(37)36-23-7-8-24(36)15-22(35)14-23/h3-6,9-13,22-24,38H,7-8,14-16,35H2,1-2H3. The van der Waals surface area contributed by atoms with Gasteiger partial charge in [-0.1, -0.05) is 24.3 Å². The SMILES string of the molecule is CC(C)(O)Cc1ccc(-c2ccc(C(=O)N3C4CCC3CC(N)C4)cc2-c2ccc(C#N)c(F)c2)c(F)c1. The quantitative estimate of drug-likeness (QED) is 0.464. The highest BCUT2D eigenvalue weighted by atomic mass is 19.1. The molecule has 3 aromatic carbocycles. The molecule has 38 heavy (non-hydrogen) atoms. The molecule has 0 spiro atoms. The molecule has 2 unspecified atom stereocenters. The maximum atomic E-state index is 15.4. The van der Waals surface area contributed by atoms with Crippen LogP contribution in [0.5, 0.6) is 0 Å². The van der Waals surface area contributed by atoms with E-state index in [2.05, 4.69) is 0 Å².